The molecule has 0 amide bonds. The maximum atomic E-state index is 11.4. The van der Waals surface area contributed by atoms with E-state index >= 15 is 0 Å². The molecule has 0 rings (SSSR count). The van der Waals surface area contributed by atoms with Crippen LogP contribution in [0.2, 0.25) is 0 Å². The number of aliphatic carboxylic acids is 1. The molecular weight excluding hydrogens is 186 g/mol. The minimum atomic E-state index is -1.38. The van der Waals surface area contributed by atoms with Gasteiger partial charge in [-0.2, -0.15) is 0 Å². The second-order valence-electron chi connectivity index (χ2n) is 3.86. The van der Waals surface area contributed by atoms with E-state index < -0.39 is 29.5 Å². The zero-order chi connectivity index (χ0) is 12.2. The van der Waals surface area contributed by atoms with Crippen molar-refractivity contribution in [2.24, 2.45) is 11.7 Å². The van der Waals surface area contributed by atoms with E-state index in [0.717, 1.165) is 0 Å². The second-order valence-corrected chi connectivity index (χ2v) is 3.86. The summed E-state index contributed by atoms with van der Waals surface area (Å²) in [6.45, 7) is 4.37. The lowest BCUT2D eigenvalue weighted by Gasteiger charge is -2.23. The monoisotopic (exact) mass is 204 g/mol. The van der Waals surface area contributed by atoms with E-state index in [1.165, 1.54) is 20.8 Å². The minimum Gasteiger partial charge on any atom is -0.481 e. The first-order valence-corrected chi connectivity index (χ1v) is 4.22. The SMILES string of the molecule is [2H]CC(C)(C)OC(=O)C(C(=O)O)C(C)N. The van der Waals surface area contributed by atoms with Crippen LogP contribution in [0.25, 0.3) is 0 Å². The third-order valence-electron chi connectivity index (χ3n) is 1.42. The minimum absolute atomic E-state index is 0.135. The van der Waals surface area contributed by atoms with E-state index in [1.54, 1.807) is 0 Å². The van der Waals surface area contributed by atoms with Crippen LogP contribution in [0.5, 0.6) is 0 Å². The van der Waals surface area contributed by atoms with Crippen LogP contribution in [-0.2, 0) is 14.3 Å². The lowest BCUT2D eigenvalue weighted by molar-refractivity contribution is -0.167. The Morgan fingerprint density at radius 2 is 2.07 bits per heavy atom. The van der Waals surface area contributed by atoms with Crippen molar-refractivity contribution in [2.75, 3.05) is 0 Å². The molecule has 0 aromatic heterocycles. The predicted molar refractivity (Wildman–Crippen MR) is 50.6 cm³/mol. The highest BCUT2D eigenvalue weighted by molar-refractivity contribution is 5.94. The summed E-state index contributed by atoms with van der Waals surface area (Å²) in [5.41, 5.74) is 4.38. The molecule has 0 aliphatic carbocycles. The standard InChI is InChI=1S/C9H17NO4/c1-5(10)6(7(11)12)8(13)14-9(2,3)4/h5-6H,10H2,1-4H3,(H,11,12)/i2D. The number of carbonyl (C=O) groups is 2. The molecule has 82 valence electrons. The molecule has 0 heterocycles. The van der Waals surface area contributed by atoms with Gasteiger partial charge in [0.05, 0.1) is 0 Å². The summed E-state index contributed by atoms with van der Waals surface area (Å²) in [6, 6.07) is -0.823. The van der Waals surface area contributed by atoms with Gasteiger partial charge in [-0.3, -0.25) is 9.59 Å². The van der Waals surface area contributed by atoms with E-state index in [-0.39, 0.29) is 6.90 Å². The Morgan fingerprint density at radius 3 is 2.36 bits per heavy atom. The first-order chi connectivity index (χ1) is 6.71. The Morgan fingerprint density at radius 1 is 1.57 bits per heavy atom. The molecule has 14 heavy (non-hydrogen) atoms. The highest BCUT2D eigenvalue weighted by Gasteiger charge is 2.33. The van der Waals surface area contributed by atoms with Crippen molar-refractivity contribution >= 4 is 11.9 Å². The number of ether oxygens (including phenoxy) is 1. The van der Waals surface area contributed by atoms with Gasteiger partial charge in [0.15, 0.2) is 5.92 Å². The van der Waals surface area contributed by atoms with Crippen molar-refractivity contribution in [1.82, 2.24) is 0 Å². The summed E-state index contributed by atoms with van der Waals surface area (Å²) < 4.78 is 12.0. The molecule has 0 aliphatic heterocycles. The molecule has 0 spiro atoms. The molecule has 0 saturated carbocycles. The topological polar surface area (TPSA) is 89.6 Å². The summed E-state index contributed by atoms with van der Waals surface area (Å²) in [4.78, 5) is 22.2. The zero-order valence-corrected chi connectivity index (χ0v) is 8.61. The lowest BCUT2D eigenvalue weighted by atomic mass is 10.0. The number of esters is 1. The first kappa shape index (κ1) is 11.0. The summed E-state index contributed by atoms with van der Waals surface area (Å²) >= 11 is 0. The maximum Gasteiger partial charge on any atom is 0.322 e. The van der Waals surface area contributed by atoms with Crippen LogP contribution in [0, 0.1) is 5.92 Å². The molecule has 0 aliphatic rings. The van der Waals surface area contributed by atoms with Gasteiger partial charge in [-0.25, -0.2) is 0 Å². The Labute approximate surface area is 84.6 Å². The van der Waals surface area contributed by atoms with Gasteiger partial charge in [-0.15, -0.1) is 0 Å². The number of carboxylic acids is 1. The van der Waals surface area contributed by atoms with Crippen LogP contribution in [0.4, 0.5) is 0 Å². The van der Waals surface area contributed by atoms with E-state index in [1.807, 2.05) is 0 Å². The third kappa shape index (κ3) is 4.23. The van der Waals surface area contributed by atoms with Crippen molar-refractivity contribution < 1.29 is 20.8 Å². The molecule has 2 atom stereocenters. The van der Waals surface area contributed by atoms with Crippen molar-refractivity contribution in [3.63, 3.8) is 0 Å². The molecule has 2 unspecified atom stereocenters. The van der Waals surface area contributed by atoms with Crippen LogP contribution >= 0.6 is 0 Å². The molecule has 5 nitrogen and oxygen atoms in total. The van der Waals surface area contributed by atoms with Gasteiger partial charge in [0, 0.05) is 7.41 Å². The molecule has 3 N–H and O–H groups in total. The van der Waals surface area contributed by atoms with Gasteiger partial charge in [0.2, 0.25) is 0 Å². The molecule has 0 saturated heterocycles. The summed E-state index contributed by atoms with van der Waals surface area (Å²) in [5, 5.41) is 8.76. The van der Waals surface area contributed by atoms with Crippen molar-refractivity contribution in [3.05, 3.63) is 0 Å². The molecule has 0 aromatic carbocycles. The van der Waals surface area contributed by atoms with Gasteiger partial charge >= 0.3 is 11.9 Å². The number of rotatable bonds is 3. The van der Waals surface area contributed by atoms with Crippen LogP contribution in [0.3, 0.4) is 0 Å². The second kappa shape index (κ2) is 4.41. The number of nitrogens with two attached hydrogens (primary N) is 1. The Kier molecular flexibility index (Phi) is 3.46. The molecular formula is C9H17NO4. The van der Waals surface area contributed by atoms with E-state index in [0.29, 0.717) is 0 Å². The molecule has 0 fully saturated rings. The van der Waals surface area contributed by atoms with Crippen LogP contribution < -0.4 is 5.73 Å². The van der Waals surface area contributed by atoms with Gasteiger partial charge in [-0.05, 0) is 27.7 Å². The summed E-state index contributed by atoms with van der Waals surface area (Å²) in [7, 11) is 0. The normalized spacial score (nSPS) is 16.7. The summed E-state index contributed by atoms with van der Waals surface area (Å²) in [5.74, 6) is -3.58. The largest absolute Gasteiger partial charge is 0.481 e. The number of carbonyl (C=O) groups excluding carboxylic acids is 1. The fourth-order valence-electron chi connectivity index (χ4n) is 0.876. The molecule has 0 radical (unpaired) electrons. The Bertz CT molecular complexity index is 252. The smallest absolute Gasteiger partial charge is 0.322 e. The van der Waals surface area contributed by atoms with Crippen LogP contribution in [0.1, 0.15) is 29.0 Å². The quantitative estimate of drug-likeness (QED) is 0.512. The maximum absolute atomic E-state index is 11.4. The van der Waals surface area contributed by atoms with Crippen molar-refractivity contribution in [2.45, 2.75) is 39.3 Å². The van der Waals surface area contributed by atoms with Crippen molar-refractivity contribution in [1.29, 1.82) is 0 Å². The van der Waals surface area contributed by atoms with Crippen molar-refractivity contribution in [3.8, 4) is 0 Å². The predicted octanol–water partition coefficient (Wildman–Crippen LogP) is 0.376. The van der Waals surface area contributed by atoms with Gasteiger partial charge in [0.1, 0.15) is 5.60 Å². The summed E-state index contributed by atoms with van der Waals surface area (Å²) in [6.07, 6.45) is 0. The average molecular weight is 204 g/mol. The van der Waals surface area contributed by atoms with Gasteiger partial charge in [0.25, 0.3) is 0 Å². The lowest BCUT2D eigenvalue weighted by Crippen LogP contribution is -2.42. The zero-order valence-electron chi connectivity index (χ0n) is 9.61. The van der Waals surface area contributed by atoms with E-state index in [2.05, 4.69) is 0 Å². The van der Waals surface area contributed by atoms with Crippen LogP contribution in [0.15, 0.2) is 0 Å². The first-order valence-electron chi connectivity index (χ1n) is 4.92. The number of hydrogen-bond donors (Lipinski definition) is 2. The number of hydrogen-bond acceptors (Lipinski definition) is 4. The van der Waals surface area contributed by atoms with Gasteiger partial charge in [-0.1, -0.05) is 0 Å². The molecule has 0 aromatic rings. The van der Waals surface area contributed by atoms with E-state index in [4.69, 9.17) is 16.9 Å². The Hall–Kier alpha value is -1.10. The van der Waals surface area contributed by atoms with E-state index in [9.17, 15) is 9.59 Å². The molecule has 5 heteroatoms. The van der Waals surface area contributed by atoms with Gasteiger partial charge < -0.3 is 15.6 Å². The third-order valence-corrected chi connectivity index (χ3v) is 1.42. The highest BCUT2D eigenvalue weighted by Crippen LogP contribution is 2.13. The average Bonchev–Trinajstić information content (AvgIpc) is 2.01. The Balaban J connectivity index is 4.61. The highest BCUT2D eigenvalue weighted by atomic mass is 16.6. The fourth-order valence-corrected chi connectivity index (χ4v) is 0.876. The number of carboxylic acid groups (broad SMARTS) is 1. The molecule has 0 bridgehead atoms. The fraction of sp³-hybridized carbons (Fsp3) is 0.778. The van der Waals surface area contributed by atoms with Crippen LogP contribution in [-0.4, -0.2) is 28.7 Å².